The maximum Gasteiger partial charge on any atom is 0.410 e. The van der Waals surface area contributed by atoms with E-state index in [9.17, 15) is 9.59 Å². The highest BCUT2D eigenvalue weighted by molar-refractivity contribution is 7.18. The average molecular weight is 435 g/mol. The second kappa shape index (κ2) is 9.18. The van der Waals surface area contributed by atoms with E-state index in [1.54, 1.807) is 17.0 Å². The Morgan fingerprint density at radius 3 is 2.34 bits per heavy atom. The van der Waals surface area contributed by atoms with Crippen molar-refractivity contribution in [1.29, 1.82) is 0 Å². The number of nitrogens with one attached hydrogen (secondary N) is 1. The van der Waals surface area contributed by atoms with Gasteiger partial charge in [0, 0.05) is 13.1 Å². The Bertz CT molecular complexity index is 839. The van der Waals surface area contributed by atoms with Crippen molar-refractivity contribution in [3.8, 4) is 0 Å². The van der Waals surface area contributed by atoms with E-state index in [1.807, 2.05) is 51.1 Å². The largest absolute Gasteiger partial charge is 0.444 e. The number of nitrogens with zero attached hydrogens (tertiary/aromatic N) is 1. The molecule has 0 bridgehead atoms. The van der Waals surface area contributed by atoms with Crippen molar-refractivity contribution in [3.63, 3.8) is 0 Å². The molecule has 2 amide bonds. The molecule has 0 spiro atoms. The van der Waals surface area contributed by atoms with Gasteiger partial charge in [-0.3, -0.25) is 4.79 Å². The number of rotatable bonds is 4. The number of halogens is 1. The van der Waals surface area contributed by atoms with E-state index in [4.69, 9.17) is 16.3 Å². The quantitative estimate of drug-likeness (QED) is 0.689. The Balaban J connectivity index is 1.69. The molecule has 0 saturated carbocycles. The van der Waals surface area contributed by atoms with Crippen molar-refractivity contribution < 1.29 is 14.3 Å². The van der Waals surface area contributed by atoms with E-state index >= 15 is 0 Å². The predicted molar refractivity (Wildman–Crippen MR) is 117 cm³/mol. The zero-order chi connectivity index (χ0) is 21.0. The zero-order valence-electron chi connectivity index (χ0n) is 17.0. The molecule has 1 N–H and O–H groups in total. The highest BCUT2D eigenvalue weighted by Gasteiger charge is 2.32. The number of likely N-dealkylation sites (tertiary alicyclic amines) is 1. The van der Waals surface area contributed by atoms with Gasteiger partial charge in [-0.05, 0) is 57.2 Å². The minimum Gasteiger partial charge on any atom is -0.444 e. The van der Waals surface area contributed by atoms with E-state index < -0.39 is 5.60 Å². The lowest BCUT2D eigenvalue weighted by Gasteiger charge is -2.37. The lowest BCUT2D eigenvalue weighted by Crippen LogP contribution is -2.44. The Morgan fingerprint density at radius 1 is 1.14 bits per heavy atom. The van der Waals surface area contributed by atoms with Crippen molar-refractivity contribution in [2.75, 3.05) is 13.1 Å². The van der Waals surface area contributed by atoms with Gasteiger partial charge in [-0.2, -0.15) is 0 Å². The third-order valence-corrected chi connectivity index (χ3v) is 6.13. The van der Waals surface area contributed by atoms with Crippen molar-refractivity contribution in [2.24, 2.45) is 5.92 Å². The molecule has 1 fully saturated rings. The molecule has 0 radical (unpaired) electrons. The molecule has 1 aliphatic heterocycles. The summed E-state index contributed by atoms with van der Waals surface area (Å²) in [5.41, 5.74) is 0.565. The van der Waals surface area contributed by atoms with E-state index in [2.05, 4.69) is 5.32 Å². The fraction of sp³-hybridized carbons (Fsp3) is 0.455. The number of thiophene rings is 1. The van der Waals surface area contributed by atoms with Gasteiger partial charge in [-0.1, -0.05) is 41.9 Å². The number of hydrogen-bond acceptors (Lipinski definition) is 4. The monoisotopic (exact) mass is 434 g/mol. The summed E-state index contributed by atoms with van der Waals surface area (Å²) >= 11 is 7.26. The molecular weight excluding hydrogens is 408 g/mol. The van der Waals surface area contributed by atoms with E-state index in [-0.39, 0.29) is 24.0 Å². The minimum atomic E-state index is -0.504. The van der Waals surface area contributed by atoms with Gasteiger partial charge in [0.15, 0.2) is 0 Å². The maximum atomic E-state index is 12.8. The number of hydrogen-bond donors (Lipinski definition) is 1. The highest BCUT2D eigenvalue weighted by atomic mass is 35.5. The number of carbonyl (C=O) groups is 2. The van der Waals surface area contributed by atoms with Crippen LogP contribution in [0, 0.1) is 5.92 Å². The Kier molecular flexibility index (Phi) is 6.85. The molecule has 0 aliphatic carbocycles. The van der Waals surface area contributed by atoms with Crippen LogP contribution in [0.1, 0.15) is 54.9 Å². The van der Waals surface area contributed by atoms with Crippen molar-refractivity contribution in [3.05, 3.63) is 57.2 Å². The molecule has 1 aliphatic rings. The molecule has 5 nitrogen and oxygen atoms in total. The third kappa shape index (κ3) is 5.97. The van der Waals surface area contributed by atoms with Gasteiger partial charge >= 0.3 is 6.09 Å². The van der Waals surface area contributed by atoms with Crippen LogP contribution >= 0.6 is 22.9 Å². The van der Waals surface area contributed by atoms with Crippen molar-refractivity contribution in [1.82, 2.24) is 10.2 Å². The Hall–Kier alpha value is -2.05. The number of amides is 2. The molecule has 1 aromatic heterocycles. The zero-order valence-corrected chi connectivity index (χ0v) is 18.6. The van der Waals surface area contributed by atoms with Crippen molar-refractivity contribution in [2.45, 2.75) is 45.3 Å². The number of carbonyl (C=O) groups excluding carboxylic acids is 2. The molecule has 1 aromatic carbocycles. The van der Waals surface area contributed by atoms with Gasteiger partial charge in [0.2, 0.25) is 0 Å². The van der Waals surface area contributed by atoms with E-state index in [0.717, 1.165) is 18.4 Å². The average Bonchev–Trinajstić information content (AvgIpc) is 3.12. The summed E-state index contributed by atoms with van der Waals surface area (Å²) < 4.78 is 6.08. The fourth-order valence-electron chi connectivity index (χ4n) is 3.52. The summed E-state index contributed by atoms with van der Waals surface area (Å²) in [6, 6.07) is 13.4. The first-order valence-electron chi connectivity index (χ1n) is 9.82. The van der Waals surface area contributed by atoms with Gasteiger partial charge < -0.3 is 15.0 Å². The highest BCUT2D eigenvalue weighted by Crippen LogP contribution is 2.32. The van der Waals surface area contributed by atoms with Crippen molar-refractivity contribution >= 4 is 34.9 Å². The molecule has 3 rings (SSSR count). The lowest BCUT2D eigenvalue weighted by atomic mass is 9.85. The topological polar surface area (TPSA) is 58.6 Å². The summed E-state index contributed by atoms with van der Waals surface area (Å²) in [7, 11) is 0. The van der Waals surface area contributed by atoms with Gasteiger partial charge in [0.05, 0.1) is 15.3 Å². The molecule has 1 atom stereocenters. The fourth-order valence-corrected chi connectivity index (χ4v) is 4.47. The van der Waals surface area contributed by atoms with E-state index in [0.29, 0.717) is 22.3 Å². The molecule has 29 heavy (non-hydrogen) atoms. The standard InChI is InChI=1S/C22H27ClN2O3S/c1-22(2,3)28-21(27)25-13-11-16(12-14-25)19(15-7-5-4-6-8-15)24-20(26)17-9-10-18(23)29-17/h4-10,16,19H,11-14H2,1-3H3,(H,24,26). The SMILES string of the molecule is CC(C)(C)OC(=O)N1CCC(C(NC(=O)c2ccc(Cl)s2)c2ccccc2)CC1. The summed E-state index contributed by atoms with van der Waals surface area (Å²) in [4.78, 5) is 27.5. The van der Waals surface area contributed by atoms with Crippen LogP contribution < -0.4 is 5.32 Å². The van der Waals surface area contributed by atoms with Crippen LogP contribution in [0.3, 0.4) is 0 Å². The first-order chi connectivity index (χ1) is 13.7. The van der Waals surface area contributed by atoms with Gasteiger partial charge in [0.1, 0.15) is 5.60 Å². The van der Waals surface area contributed by atoms with Gasteiger partial charge in [0.25, 0.3) is 5.91 Å². The van der Waals surface area contributed by atoms with Crippen LogP contribution in [0.4, 0.5) is 4.79 Å². The summed E-state index contributed by atoms with van der Waals surface area (Å²) in [5, 5.41) is 3.19. The first kappa shape index (κ1) is 21.7. The van der Waals surface area contributed by atoms with Gasteiger partial charge in [-0.25, -0.2) is 4.79 Å². The molecule has 156 valence electrons. The van der Waals surface area contributed by atoms with Crippen LogP contribution in [-0.4, -0.2) is 35.6 Å². The molecule has 1 unspecified atom stereocenters. The molecule has 2 aromatic rings. The minimum absolute atomic E-state index is 0.120. The predicted octanol–water partition coefficient (Wildman–Crippen LogP) is 5.52. The third-order valence-electron chi connectivity index (χ3n) is 4.90. The second-order valence-corrected chi connectivity index (χ2v) is 9.99. The number of ether oxygens (including phenoxy) is 1. The molecule has 1 saturated heterocycles. The summed E-state index contributed by atoms with van der Waals surface area (Å²) in [6.45, 7) is 6.84. The number of benzene rings is 1. The Labute approximate surface area is 181 Å². The van der Waals surface area contributed by atoms with Crippen LogP contribution in [0.2, 0.25) is 4.34 Å². The molecule has 2 heterocycles. The lowest BCUT2D eigenvalue weighted by molar-refractivity contribution is 0.0167. The normalized spacial score (nSPS) is 16.3. The van der Waals surface area contributed by atoms with Crippen LogP contribution in [0.25, 0.3) is 0 Å². The summed E-state index contributed by atoms with van der Waals surface area (Å²) in [5.74, 6) is 0.112. The molecule has 7 heteroatoms. The molecular formula is C22H27ClN2O3S. The van der Waals surface area contributed by atoms with Crippen LogP contribution in [0.15, 0.2) is 42.5 Å². The van der Waals surface area contributed by atoms with Crippen LogP contribution in [-0.2, 0) is 4.74 Å². The Morgan fingerprint density at radius 2 is 1.79 bits per heavy atom. The summed E-state index contributed by atoms with van der Waals surface area (Å²) in [6.07, 6.45) is 1.32. The number of piperidine rings is 1. The maximum absolute atomic E-state index is 12.8. The van der Waals surface area contributed by atoms with E-state index in [1.165, 1.54) is 11.3 Å². The first-order valence-corrected chi connectivity index (χ1v) is 11.0. The van der Waals surface area contributed by atoms with Crippen LogP contribution in [0.5, 0.6) is 0 Å². The van der Waals surface area contributed by atoms with Gasteiger partial charge in [-0.15, -0.1) is 11.3 Å². The smallest absolute Gasteiger partial charge is 0.410 e. The second-order valence-electron chi connectivity index (χ2n) is 8.27.